The Morgan fingerprint density at radius 3 is 2.31 bits per heavy atom. The van der Waals surface area contributed by atoms with Crippen molar-refractivity contribution in [2.45, 2.75) is 44.4 Å². The molecule has 3 fully saturated rings. The number of anilines is 3. The number of nitrogens with zero attached hydrogens (tertiary/aromatic N) is 4. The Balaban J connectivity index is 1.29. The largest absolute Gasteiger partial charge is 0.371 e. The zero-order valence-corrected chi connectivity index (χ0v) is 21.9. The second kappa shape index (κ2) is 8.81. The average Bonchev–Trinajstić information content (AvgIpc) is 3.50. The van der Waals surface area contributed by atoms with Crippen LogP contribution in [-0.4, -0.2) is 47.4 Å². The van der Waals surface area contributed by atoms with Crippen molar-refractivity contribution in [2.24, 2.45) is 5.41 Å². The number of carbonyl (C=O) groups excluding carboxylic acids is 1. The normalized spacial score (nSPS) is 20.7. The van der Waals surface area contributed by atoms with Gasteiger partial charge in [0.25, 0.3) is 11.8 Å². The van der Waals surface area contributed by atoms with Gasteiger partial charge in [-0.1, -0.05) is 0 Å². The lowest BCUT2D eigenvalue weighted by Crippen LogP contribution is -2.39. The summed E-state index contributed by atoms with van der Waals surface area (Å²) in [6.07, 6.45) is 6.95. The Morgan fingerprint density at radius 1 is 0.944 bits per heavy atom. The van der Waals surface area contributed by atoms with Crippen molar-refractivity contribution >= 4 is 51.2 Å². The Hall–Kier alpha value is -2.50. The van der Waals surface area contributed by atoms with Crippen molar-refractivity contribution in [2.75, 3.05) is 41.3 Å². The van der Waals surface area contributed by atoms with E-state index >= 15 is 0 Å². The quantitative estimate of drug-likeness (QED) is 0.372. The molecule has 6 nitrogen and oxygen atoms in total. The van der Waals surface area contributed by atoms with E-state index in [9.17, 15) is 18.0 Å². The monoisotopic (exact) mass is 609 g/mol. The summed E-state index contributed by atoms with van der Waals surface area (Å²) in [7, 11) is 0. The minimum Gasteiger partial charge on any atom is -0.371 e. The van der Waals surface area contributed by atoms with E-state index in [1.54, 1.807) is 11.0 Å². The van der Waals surface area contributed by atoms with E-state index in [1.165, 1.54) is 23.4 Å². The molecule has 2 saturated heterocycles. The molecule has 1 spiro atoms. The van der Waals surface area contributed by atoms with Gasteiger partial charge in [0.15, 0.2) is 5.65 Å². The van der Waals surface area contributed by atoms with Crippen LogP contribution in [0.4, 0.5) is 30.2 Å². The number of alkyl halides is 2. The first kappa shape index (κ1) is 23.9. The van der Waals surface area contributed by atoms with Crippen molar-refractivity contribution in [1.29, 1.82) is 0 Å². The molecule has 36 heavy (non-hydrogen) atoms. The number of halogens is 4. The molecule has 0 atom stereocenters. The highest BCUT2D eigenvalue weighted by molar-refractivity contribution is 14.1. The molecule has 0 radical (unpaired) electrons. The van der Waals surface area contributed by atoms with E-state index in [-0.39, 0.29) is 31.8 Å². The maximum Gasteiger partial charge on any atom is 0.257 e. The highest BCUT2D eigenvalue weighted by Crippen LogP contribution is 2.54. The SMILES string of the molecule is O=C(Nc1cc(N2CCC(F)(F)CC2)c2ncc(F)n2c1)c1ccc(I)cc1N1CCC2(CC1)CC2. The fourth-order valence-electron chi connectivity index (χ4n) is 5.47. The van der Waals surface area contributed by atoms with Gasteiger partial charge >= 0.3 is 0 Å². The molecule has 6 rings (SSSR count). The van der Waals surface area contributed by atoms with Crippen LogP contribution in [-0.2, 0) is 0 Å². The summed E-state index contributed by atoms with van der Waals surface area (Å²) < 4.78 is 44.3. The molecule has 190 valence electrons. The van der Waals surface area contributed by atoms with Crippen LogP contribution in [0.3, 0.4) is 0 Å². The van der Waals surface area contributed by atoms with Gasteiger partial charge in [-0.3, -0.25) is 9.20 Å². The minimum absolute atomic E-state index is 0.131. The number of hydrogen-bond acceptors (Lipinski definition) is 4. The molecule has 1 aromatic carbocycles. The molecule has 0 unspecified atom stereocenters. The van der Waals surface area contributed by atoms with Crippen molar-refractivity contribution in [3.05, 3.63) is 51.7 Å². The predicted molar refractivity (Wildman–Crippen MR) is 142 cm³/mol. The van der Waals surface area contributed by atoms with E-state index in [4.69, 9.17) is 0 Å². The van der Waals surface area contributed by atoms with Gasteiger partial charge in [-0.05, 0) is 78.0 Å². The third kappa shape index (κ3) is 4.52. The summed E-state index contributed by atoms with van der Waals surface area (Å²) in [4.78, 5) is 21.7. The van der Waals surface area contributed by atoms with Gasteiger partial charge < -0.3 is 15.1 Å². The number of aromatic nitrogens is 2. The minimum atomic E-state index is -2.70. The number of rotatable bonds is 4. The maximum absolute atomic E-state index is 14.5. The summed E-state index contributed by atoms with van der Waals surface area (Å²) in [5.41, 5.74) is 3.25. The molecule has 1 N–H and O–H groups in total. The molecule has 3 aromatic rings. The molecule has 3 aliphatic rings. The van der Waals surface area contributed by atoms with Gasteiger partial charge in [0.05, 0.1) is 28.8 Å². The van der Waals surface area contributed by atoms with Gasteiger partial charge in [-0.25, -0.2) is 13.8 Å². The first-order valence-corrected chi connectivity index (χ1v) is 13.5. The number of imidazole rings is 1. The molecular weight excluding hydrogens is 582 g/mol. The van der Waals surface area contributed by atoms with Crippen LogP contribution < -0.4 is 15.1 Å². The standard InChI is InChI=1S/C26H27F3IN5O/c27-22-15-31-23-21(34-11-7-26(28,29)8-12-34)14-18(16-35(22)23)32-24(36)19-2-1-17(30)13-20(19)33-9-5-25(3-4-25)6-10-33/h1-2,13-16H,3-12H2,(H,32,36). The molecule has 2 aromatic heterocycles. The zero-order valence-electron chi connectivity index (χ0n) is 19.7. The van der Waals surface area contributed by atoms with Crippen LogP contribution in [0.5, 0.6) is 0 Å². The first-order valence-electron chi connectivity index (χ1n) is 12.4. The van der Waals surface area contributed by atoms with Gasteiger partial charge in [0, 0.05) is 48.8 Å². The predicted octanol–water partition coefficient (Wildman–Crippen LogP) is 5.95. The fourth-order valence-corrected chi connectivity index (χ4v) is 5.95. The van der Waals surface area contributed by atoms with E-state index < -0.39 is 11.9 Å². The lowest BCUT2D eigenvalue weighted by molar-refractivity contribution is -0.0220. The average molecular weight is 609 g/mol. The molecule has 4 heterocycles. The molecular formula is C26H27F3IN5O. The summed E-state index contributed by atoms with van der Waals surface area (Å²) >= 11 is 2.26. The van der Waals surface area contributed by atoms with Gasteiger partial charge in [-0.15, -0.1) is 0 Å². The maximum atomic E-state index is 14.5. The van der Waals surface area contributed by atoms with E-state index in [0.717, 1.165) is 41.4 Å². The van der Waals surface area contributed by atoms with Crippen molar-refractivity contribution in [1.82, 2.24) is 9.38 Å². The Morgan fingerprint density at radius 2 is 1.61 bits per heavy atom. The molecule has 1 amide bonds. The summed E-state index contributed by atoms with van der Waals surface area (Å²) in [6.45, 7) is 2.12. The Kier molecular flexibility index (Phi) is 5.84. The van der Waals surface area contributed by atoms with Crippen molar-refractivity contribution < 1.29 is 18.0 Å². The smallest absolute Gasteiger partial charge is 0.257 e. The van der Waals surface area contributed by atoms with Crippen LogP contribution in [0.25, 0.3) is 5.65 Å². The van der Waals surface area contributed by atoms with Crippen LogP contribution in [0, 0.1) is 14.9 Å². The highest BCUT2D eigenvalue weighted by Gasteiger charge is 2.44. The number of amides is 1. The topological polar surface area (TPSA) is 52.9 Å². The second-order valence-corrected chi connectivity index (χ2v) is 11.6. The summed E-state index contributed by atoms with van der Waals surface area (Å²) in [5, 5.41) is 2.93. The van der Waals surface area contributed by atoms with Crippen molar-refractivity contribution in [3.63, 3.8) is 0 Å². The van der Waals surface area contributed by atoms with Gasteiger partial charge in [-0.2, -0.15) is 4.39 Å². The van der Waals surface area contributed by atoms with Crippen LogP contribution in [0.1, 0.15) is 48.9 Å². The Bertz CT molecular complexity index is 1320. The molecule has 10 heteroatoms. The summed E-state index contributed by atoms with van der Waals surface area (Å²) in [5.74, 6) is -3.57. The number of benzene rings is 1. The van der Waals surface area contributed by atoms with E-state index in [2.05, 4.69) is 37.8 Å². The zero-order chi connectivity index (χ0) is 25.1. The van der Waals surface area contributed by atoms with Crippen molar-refractivity contribution in [3.8, 4) is 0 Å². The van der Waals surface area contributed by atoms with Crippen LogP contribution in [0.2, 0.25) is 0 Å². The van der Waals surface area contributed by atoms with E-state index in [1.807, 2.05) is 18.2 Å². The highest BCUT2D eigenvalue weighted by atomic mass is 127. The van der Waals surface area contributed by atoms with Gasteiger partial charge in [0.1, 0.15) is 0 Å². The molecule has 1 saturated carbocycles. The lowest BCUT2D eigenvalue weighted by atomic mass is 9.93. The number of hydrogen-bond donors (Lipinski definition) is 1. The number of piperidine rings is 2. The number of pyridine rings is 1. The second-order valence-electron chi connectivity index (χ2n) is 10.3. The molecule has 1 aliphatic carbocycles. The third-order valence-electron chi connectivity index (χ3n) is 7.96. The third-order valence-corrected chi connectivity index (χ3v) is 8.63. The van der Waals surface area contributed by atoms with Crippen LogP contribution >= 0.6 is 22.6 Å². The molecule has 2 aliphatic heterocycles. The van der Waals surface area contributed by atoms with Crippen LogP contribution in [0.15, 0.2) is 36.7 Å². The first-order chi connectivity index (χ1) is 17.2. The fraction of sp³-hybridized carbons (Fsp3) is 0.462. The lowest BCUT2D eigenvalue weighted by Gasteiger charge is -2.35. The number of nitrogens with one attached hydrogen (secondary N) is 1. The number of fused-ring (bicyclic) bond motifs is 1. The number of carbonyl (C=O) groups is 1. The van der Waals surface area contributed by atoms with Gasteiger partial charge in [0.2, 0.25) is 5.95 Å². The van der Waals surface area contributed by atoms with E-state index in [0.29, 0.717) is 28.0 Å². The Labute approximate surface area is 221 Å². The molecule has 0 bridgehead atoms. The summed E-state index contributed by atoms with van der Waals surface area (Å²) in [6, 6.07) is 7.48.